The number of hydrogen-bond donors (Lipinski definition) is 1. The van der Waals surface area contributed by atoms with Gasteiger partial charge in [-0.25, -0.2) is 0 Å². The molecule has 2 heteroatoms. The molecule has 1 saturated heterocycles. The highest BCUT2D eigenvalue weighted by molar-refractivity contribution is 6.01. The van der Waals surface area contributed by atoms with E-state index in [1.807, 2.05) is 0 Å². The minimum atomic E-state index is 1.01. The Balaban J connectivity index is 2.19. The molecule has 10 heavy (non-hydrogen) atoms. The Morgan fingerprint density at radius 1 is 1.50 bits per heavy atom. The molecule has 0 aromatic rings. The number of aliphatic imine (C=N–C) groups is 1. The van der Waals surface area contributed by atoms with E-state index in [0.29, 0.717) is 0 Å². The Hall–Kier alpha value is -0.630. The molecule has 2 aliphatic heterocycles. The lowest BCUT2D eigenvalue weighted by Crippen LogP contribution is -2.31. The first-order valence-electron chi connectivity index (χ1n) is 3.90. The molecule has 0 saturated carbocycles. The van der Waals surface area contributed by atoms with Crippen molar-refractivity contribution in [2.75, 3.05) is 19.6 Å². The molecular weight excluding hydrogens is 124 g/mol. The van der Waals surface area contributed by atoms with Crippen molar-refractivity contribution in [3.63, 3.8) is 0 Å². The van der Waals surface area contributed by atoms with Gasteiger partial charge in [0.1, 0.15) is 0 Å². The van der Waals surface area contributed by atoms with Crippen LogP contribution in [0.4, 0.5) is 0 Å². The molecular formula is C8H12N2. The summed E-state index contributed by atoms with van der Waals surface area (Å²) in [5.41, 5.74) is 2.79. The highest BCUT2D eigenvalue weighted by Gasteiger charge is 2.13. The quantitative estimate of drug-likeness (QED) is 0.522. The molecule has 0 bridgehead atoms. The summed E-state index contributed by atoms with van der Waals surface area (Å²) in [6, 6.07) is 0. The summed E-state index contributed by atoms with van der Waals surface area (Å²) in [5, 5.41) is 3.33. The second-order valence-electron chi connectivity index (χ2n) is 2.77. The number of rotatable bonds is 0. The molecule has 54 valence electrons. The van der Waals surface area contributed by atoms with Gasteiger partial charge in [0.15, 0.2) is 0 Å². The molecule has 0 aliphatic carbocycles. The molecule has 0 unspecified atom stereocenters. The zero-order chi connectivity index (χ0) is 6.81. The van der Waals surface area contributed by atoms with E-state index in [1.165, 1.54) is 11.3 Å². The topological polar surface area (TPSA) is 24.4 Å². The molecule has 2 nitrogen and oxygen atoms in total. The summed E-state index contributed by atoms with van der Waals surface area (Å²) in [7, 11) is 0. The molecule has 0 atom stereocenters. The summed E-state index contributed by atoms with van der Waals surface area (Å²) in [4.78, 5) is 4.46. The van der Waals surface area contributed by atoms with Crippen molar-refractivity contribution in [2.45, 2.75) is 12.8 Å². The Labute approximate surface area is 61.0 Å². The first-order valence-corrected chi connectivity index (χ1v) is 3.90. The summed E-state index contributed by atoms with van der Waals surface area (Å²) >= 11 is 0. The van der Waals surface area contributed by atoms with Crippen molar-refractivity contribution in [3.8, 4) is 0 Å². The minimum absolute atomic E-state index is 1.01. The highest BCUT2D eigenvalue weighted by atomic mass is 14.9. The van der Waals surface area contributed by atoms with Crippen LogP contribution >= 0.6 is 0 Å². The molecule has 2 rings (SSSR count). The van der Waals surface area contributed by atoms with Crippen molar-refractivity contribution >= 4 is 5.71 Å². The van der Waals surface area contributed by atoms with Gasteiger partial charge in [0.05, 0.1) is 0 Å². The lowest BCUT2D eigenvalue weighted by atomic mass is 10.0. The van der Waals surface area contributed by atoms with E-state index >= 15 is 0 Å². The Bertz CT molecular complexity index is 169. The molecule has 0 aromatic heterocycles. The maximum absolute atomic E-state index is 4.46. The summed E-state index contributed by atoms with van der Waals surface area (Å²) in [6.07, 6.45) is 4.58. The number of nitrogens with zero attached hydrogens (tertiary/aromatic N) is 1. The fourth-order valence-corrected chi connectivity index (χ4v) is 1.50. The van der Waals surface area contributed by atoms with Crippen LogP contribution in [-0.4, -0.2) is 25.3 Å². The van der Waals surface area contributed by atoms with E-state index in [0.717, 1.165) is 32.5 Å². The molecule has 2 heterocycles. The predicted octanol–water partition coefficient (Wildman–Crippen LogP) is 0.751. The Morgan fingerprint density at radius 3 is 3.40 bits per heavy atom. The first kappa shape index (κ1) is 6.10. The lowest BCUT2D eigenvalue weighted by molar-refractivity contribution is 0.717. The smallest absolute Gasteiger partial charge is 0.0427 e. The molecule has 0 radical (unpaired) electrons. The van der Waals surface area contributed by atoms with Crippen LogP contribution in [-0.2, 0) is 0 Å². The molecule has 0 amide bonds. The van der Waals surface area contributed by atoms with Crippen molar-refractivity contribution in [2.24, 2.45) is 4.99 Å². The summed E-state index contributed by atoms with van der Waals surface area (Å²) in [5.74, 6) is 0. The van der Waals surface area contributed by atoms with Crippen LogP contribution in [0.15, 0.2) is 16.6 Å². The zero-order valence-corrected chi connectivity index (χ0v) is 6.06. The van der Waals surface area contributed by atoms with E-state index in [9.17, 15) is 0 Å². The largest absolute Gasteiger partial charge is 0.312 e. The second-order valence-corrected chi connectivity index (χ2v) is 2.77. The van der Waals surface area contributed by atoms with Crippen LogP contribution in [0.25, 0.3) is 0 Å². The SMILES string of the molecule is C1=C2CNCCC2=NCC1. The van der Waals surface area contributed by atoms with Gasteiger partial charge >= 0.3 is 0 Å². The van der Waals surface area contributed by atoms with Crippen LogP contribution in [0, 0.1) is 0 Å². The third-order valence-corrected chi connectivity index (χ3v) is 2.05. The second kappa shape index (κ2) is 2.54. The number of dihydropyridines is 1. The minimum Gasteiger partial charge on any atom is -0.312 e. The average Bonchev–Trinajstić information content (AvgIpc) is 2.05. The number of hydrogen-bond acceptors (Lipinski definition) is 2. The predicted molar refractivity (Wildman–Crippen MR) is 42.5 cm³/mol. The zero-order valence-electron chi connectivity index (χ0n) is 6.06. The van der Waals surface area contributed by atoms with E-state index < -0.39 is 0 Å². The number of fused-ring (bicyclic) bond motifs is 1. The van der Waals surface area contributed by atoms with Crippen LogP contribution in [0.1, 0.15) is 12.8 Å². The van der Waals surface area contributed by atoms with E-state index in [1.54, 1.807) is 0 Å². The highest BCUT2D eigenvalue weighted by Crippen LogP contribution is 2.11. The first-order chi connectivity index (χ1) is 4.97. The molecule has 0 spiro atoms. The van der Waals surface area contributed by atoms with Crippen molar-refractivity contribution in [1.29, 1.82) is 0 Å². The third kappa shape index (κ3) is 0.991. The Kier molecular flexibility index (Phi) is 1.55. The van der Waals surface area contributed by atoms with Crippen molar-refractivity contribution in [3.05, 3.63) is 11.6 Å². The monoisotopic (exact) mass is 136 g/mol. The van der Waals surface area contributed by atoms with Gasteiger partial charge in [-0.2, -0.15) is 0 Å². The third-order valence-electron chi connectivity index (χ3n) is 2.05. The van der Waals surface area contributed by atoms with Gasteiger partial charge in [-0.1, -0.05) is 6.08 Å². The van der Waals surface area contributed by atoms with E-state index in [2.05, 4.69) is 16.4 Å². The van der Waals surface area contributed by atoms with Gasteiger partial charge < -0.3 is 5.32 Å². The lowest BCUT2D eigenvalue weighted by Gasteiger charge is -2.20. The molecule has 0 aromatic carbocycles. The molecule has 1 fully saturated rings. The van der Waals surface area contributed by atoms with E-state index in [-0.39, 0.29) is 0 Å². The van der Waals surface area contributed by atoms with Gasteiger partial charge in [0.2, 0.25) is 0 Å². The average molecular weight is 136 g/mol. The van der Waals surface area contributed by atoms with Crippen LogP contribution in [0.2, 0.25) is 0 Å². The van der Waals surface area contributed by atoms with Crippen LogP contribution in [0.3, 0.4) is 0 Å². The maximum Gasteiger partial charge on any atom is 0.0427 e. The van der Waals surface area contributed by atoms with Crippen LogP contribution in [0.5, 0.6) is 0 Å². The van der Waals surface area contributed by atoms with Crippen LogP contribution < -0.4 is 5.32 Å². The maximum atomic E-state index is 4.46. The van der Waals surface area contributed by atoms with E-state index in [4.69, 9.17) is 0 Å². The standard InChI is InChI=1S/C8H12N2/c1-2-7-6-9-5-3-8(7)10-4-1/h2,9H,1,3-6H2. The van der Waals surface area contributed by atoms with Crippen molar-refractivity contribution < 1.29 is 0 Å². The fourth-order valence-electron chi connectivity index (χ4n) is 1.50. The Morgan fingerprint density at radius 2 is 2.50 bits per heavy atom. The van der Waals surface area contributed by atoms with Gasteiger partial charge in [-0.05, 0) is 12.0 Å². The van der Waals surface area contributed by atoms with Gasteiger partial charge in [0, 0.05) is 31.8 Å². The van der Waals surface area contributed by atoms with Gasteiger partial charge in [-0.15, -0.1) is 0 Å². The summed E-state index contributed by atoms with van der Waals surface area (Å²) < 4.78 is 0. The summed E-state index contributed by atoms with van der Waals surface area (Å²) in [6.45, 7) is 3.16. The van der Waals surface area contributed by atoms with Crippen molar-refractivity contribution in [1.82, 2.24) is 5.32 Å². The fraction of sp³-hybridized carbons (Fsp3) is 0.625. The number of piperidine rings is 1. The van der Waals surface area contributed by atoms with Gasteiger partial charge in [-0.3, -0.25) is 4.99 Å². The number of nitrogens with one attached hydrogen (secondary N) is 1. The molecule has 2 aliphatic rings. The normalized spacial score (nSPS) is 24.8. The van der Waals surface area contributed by atoms with Gasteiger partial charge in [0.25, 0.3) is 0 Å². The molecule has 1 N–H and O–H groups in total.